The predicted molar refractivity (Wildman–Crippen MR) is 141 cm³/mol. The van der Waals surface area contributed by atoms with Crippen molar-refractivity contribution in [2.24, 2.45) is 46.3 Å². The van der Waals surface area contributed by atoms with Gasteiger partial charge < -0.3 is 21.1 Å². The number of fused-ring (bicyclic) bond motifs is 1. The summed E-state index contributed by atoms with van der Waals surface area (Å²) in [6.07, 6.45) is 4.55. The Labute approximate surface area is 226 Å². The molecule has 4 N–H and O–H groups in total. The largest absolute Gasteiger partial charge is 0.376 e. The van der Waals surface area contributed by atoms with Crippen LogP contribution in [-0.4, -0.2) is 65.2 Å². The van der Waals surface area contributed by atoms with Crippen LogP contribution >= 0.6 is 0 Å². The Morgan fingerprint density at radius 3 is 2.47 bits per heavy atom. The second-order valence-electron chi connectivity index (χ2n) is 14.3. The lowest BCUT2D eigenvalue weighted by molar-refractivity contribution is -0.138. The van der Waals surface area contributed by atoms with E-state index in [4.69, 9.17) is 0 Å². The van der Waals surface area contributed by atoms with Crippen molar-refractivity contribution < 1.29 is 19.5 Å². The summed E-state index contributed by atoms with van der Waals surface area (Å²) in [5, 5.41) is 30.3. The van der Waals surface area contributed by atoms with Crippen LogP contribution in [0.5, 0.6) is 0 Å². The number of nitriles is 1. The number of nitrogens with zero attached hydrogens (tertiary/aromatic N) is 2. The molecule has 5 aliphatic rings. The van der Waals surface area contributed by atoms with Crippen molar-refractivity contribution in [3.8, 4) is 6.07 Å². The summed E-state index contributed by atoms with van der Waals surface area (Å²) in [6, 6.07) is 0.259. The number of hydrogen-bond donors (Lipinski definition) is 4. The molecule has 9 heteroatoms. The number of carbonyl (C=O) groups is 3. The minimum Gasteiger partial charge on any atom is -0.376 e. The van der Waals surface area contributed by atoms with Gasteiger partial charge in [0.1, 0.15) is 12.3 Å². The van der Waals surface area contributed by atoms with Gasteiger partial charge >= 0.3 is 0 Å². The SMILES string of the molecule is CC(C)(C)C(NC(=O)C1CC1C1CCC1)C(O)N1CC2C(C1C(=O)NC(C#N)CC1CCNC1=O)C2(C)C. The second-order valence-corrected chi connectivity index (χ2v) is 14.3. The quantitative estimate of drug-likeness (QED) is 0.361. The van der Waals surface area contributed by atoms with E-state index in [0.29, 0.717) is 31.3 Å². The molecule has 9 atom stereocenters. The van der Waals surface area contributed by atoms with Crippen LogP contribution < -0.4 is 16.0 Å². The molecule has 9 unspecified atom stereocenters. The first-order chi connectivity index (χ1) is 17.8. The minimum absolute atomic E-state index is 0.0194. The molecule has 0 aromatic carbocycles. The average molecular weight is 528 g/mol. The van der Waals surface area contributed by atoms with E-state index < -0.39 is 29.8 Å². The van der Waals surface area contributed by atoms with Crippen LogP contribution in [-0.2, 0) is 14.4 Å². The molecular formula is C29H45N5O4. The van der Waals surface area contributed by atoms with Gasteiger partial charge in [-0.25, -0.2) is 0 Å². The van der Waals surface area contributed by atoms with E-state index in [1.165, 1.54) is 19.3 Å². The van der Waals surface area contributed by atoms with Gasteiger partial charge in [-0.05, 0) is 53.8 Å². The number of aliphatic hydroxyl groups excluding tert-OH is 1. The normalized spacial score (nSPS) is 36.2. The van der Waals surface area contributed by atoms with Crippen LogP contribution in [0.25, 0.3) is 0 Å². The zero-order valence-electron chi connectivity index (χ0n) is 23.5. The third-order valence-corrected chi connectivity index (χ3v) is 10.5. The lowest BCUT2D eigenvalue weighted by atomic mass is 9.80. The maximum atomic E-state index is 13.7. The first-order valence-electron chi connectivity index (χ1n) is 14.6. The highest BCUT2D eigenvalue weighted by molar-refractivity contribution is 5.85. The fourth-order valence-corrected chi connectivity index (χ4v) is 7.55. The number of nitrogens with one attached hydrogen (secondary N) is 3. The molecule has 2 saturated heterocycles. The van der Waals surface area contributed by atoms with Gasteiger partial charge in [0.2, 0.25) is 17.7 Å². The van der Waals surface area contributed by atoms with Crippen LogP contribution in [0.15, 0.2) is 0 Å². The van der Waals surface area contributed by atoms with Crippen molar-refractivity contribution in [1.29, 1.82) is 5.26 Å². The highest BCUT2D eigenvalue weighted by Crippen LogP contribution is 2.65. The summed E-state index contributed by atoms with van der Waals surface area (Å²) in [6.45, 7) is 11.5. The van der Waals surface area contributed by atoms with E-state index >= 15 is 0 Å². The number of rotatable bonds is 9. The summed E-state index contributed by atoms with van der Waals surface area (Å²) >= 11 is 0. The topological polar surface area (TPSA) is 135 Å². The molecule has 0 radical (unpaired) electrons. The van der Waals surface area contributed by atoms with E-state index in [1.807, 2.05) is 25.7 Å². The Morgan fingerprint density at radius 1 is 1.21 bits per heavy atom. The summed E-state index contributed by atoms with van der Waals surface area (Å²) in [5.74, 6) is 0.904. The number of hydrogen-bond acceptors (Lipinski definition) is 6. The molecule has 0 bridgehead atoms. The van der Waals surface area contributed by atoms with Crippen LogP contribution in [0.2, 0.25) is 0 Å². The van der Waals surface area contributed by atoms with E-state index in [2.05, 4.69) is 35.9 Å². The molecule has 38 heavy (non-hydrogen) atoms. The smallest absolute Gasteiger partial charge is 0.238 e. The minimum atomic E-state index is -1.03. The number of piperidine rings is 1. The van der Waals surface area contributed by atoms with Crippen molar-refractivity contribution in [2.75, 3.05) is 13.1 Å². The summed E-state index contributed by atoms with van der Waals surface area (Å²) < 4.78 is 0. The van der Waals surface area contributed by atoms with Crippen molar-refractivity contribution in [3.63, 3.8) is 0 Å². The second kappa shape index (κ2) is 9.78. The highest BCUT2D eigenvalue weighted by Gasteiger charge is 2.69. The van der Waals surface area contributed by atoms with Gasteiger partial charge in [0.05, 0.1) is 18.2 Å². The molecule has 9 nitrogen and oxygen atoms in total. The van der Waals surface area contributed by atoms with E-state index in [1.54, 1.807) is 0 Å². The summed E-state index contributed by atoms with van der Waals surface area (Å²) in [5.41, 5.74) is -0.458. The van der Waals surface area contributed by atoms with Crippen LogP contribution in [0.1, 0.15) is 73.1 Å². The maximum absolute atomic E-state index is 13.7. The predicted octanol–water partition coefficient (Wildman–Crippen LogP) is 1.76. The zero-order valence-corrected chi connectivity index (χ0v) is 23.5. The standard InChI is InChI=1S/C29H45N5O4/c1-28(2,3)23(33-25(36)19-12-18(19)15-7-6-8-15)27(38)34-14-20-21(29(20,4)5)22(34)26(37)32-17(13-30)11-16-9-10-31-24(16)35/h15-23,27,38H,6-12,14H2,1-5H3,(H,31,35)(H,32,37)(H,33,36). The summed E-state index contributed by atoms with van der Waals surface area (Å²) in [7, 11) is 0. The van der Waals surface area contributed by atoms with Gasteiger partial charge in [-0.3, -0.25) is 19.3 Å². The van der Waals surface area contributed by atoms with Crippen molar-refractivity contribution in [2.45, 2.75) is 97.5 Å². The molecule has 0 aromatic rings. The van der Waals surface area contributed by atoms with Gasteiger partial charge in [-0.1, -0.05) is 53.9 Å². The van der Waals surface area contributed by atoms with Crippen molar-refractivity contribution >= 4 is 17.7 Å². The van der Waals surface area contributed by atoms with Gasteiger partial charge in [-0.15, -0.1) is 0 Å². The lowest BCUT2D eigenvalue weighted by Gasteiger charge is -2.42. The average Bonchev–Trinajstić information content (AvgIpc) is 3.52. The monoisotopic (exact) mass is 527 g/mol. The van der Waals surface area contributed by atoms with Crippen LogP contribution in [0.3, 0.4) is 0 Å². The van der Waals surface area contributed by atoms with Gasteiger partial charge in [-0.2, -0.15) is 5.26 Å². The number of carbonyl (C=O) groups excluding carboxylic acids is 3. The molecular weight excluding hydrogens is 482 g/mol. The molecule has 0 aromatic heterocycles. The van der Waals surface area contributed by atoms with Crippen molar-refractivity contribution in [3.05, 3.63) is 0 Å². The van der Waals surface area contributed by atoms with Crippen LogP contribution in [0, 0.1) is 57.7 Å². The molecule has 3 aliphatic carbocycles. The van der Waals surface area contributed by atoms with Crippen LogP contribution in [0.4, 0.5) is 0 Å². The zero-order chi connectivity index (χ0) is 27.6. The first kappa shape index (κ1) is 27.4. The maximum Gasteiger partial charge on any atom is 0.238 e. The fourth-order valence-electron chi connectivity index (χ4n) is 7.55. The van der Waals surface area contributed by atoms with Gasteiger partial charge in [0, 0.05) is 24.9 Å². The van der Waals surface area contributed by atoms with Crippen molar-refractivity contribution in [1.82, 2.24) is 20.9 Å². The Bertz CT molecular complexity index is 1010. The van der Waals surface area contributed by atoms with E-state index in [-0.39, 0.29) is 53.2 Å². The van der Waals surface area contributed by atoms with Gasteiger partial charge in [0.25, 0.3) is 0 Å². The Kier molecular flexibility index (Phi) is 7.05. The third kappa shape index (κ3) is 4.95. The fraction of sp³-hybridized carbons (Fsp3) is 0.862. The lowest BCUT2D eigenvalue weighted by Crippen LogP contribution is -2.62. The van der Waals surface area contributed by atoms with E-state index in [0.717, 1.165) is 6.42 Å². The molecule has 3 amide bonds. The molecule has 2 aliphatic heterocycles. The third-order valence-electron chi connectivity index (χ3n) is 10.5. The first-order valence-corrected chi connectivity index (χ1v) is 14.6. The molecule has 2 heterocycles. The molecule has 5 rings (SSSR count). The Hall–Kier alpha value is -2.18. The molecule has 3 saturated carbocycles. The van der Waals surface area contributed by atoms with E-state index in [9.17, 15) is 24.8 Å². The number of amides is 3. The molecule has 5 fully saturated rings. The molecule has 210 valence electrons. The Balaban J connectivity index is 1.28. The Morgan fingerprint density at radius 2 is 1.92 bits per heavy atom. The molecule has 0 spiro atoms. The number of aliphatic hydroxyl groups is 1. The number of likely N-dealkylation sites (tertiary alicyclic amines) is 1. The van der Waals surface area contributed by atoms with Gasteiger partial charge in [0.15, 0.2) is 0 Å². The summed E-state index contributed by atoms with van der Waals surface area (Å²) in [4.78, 5) is 40.8. The highest BCUT2D eigenvalue weighted by atomic mass is 16.3.